The van der Waals surface area contributed by atoms with Crippen molar-refractivity contribution in [1.82, 2.24) is 5.32 Å². The van der Waals surface area contributed by atoms with Crippen LogP contribution in [-0.4, -0.2) is 63.7 Å². The molecule has 1 rings (SSSR count). The maximum absolute atomic E-state index is 11.1. The molecule has 0 bridgehead atoms. The Kier molecular flexibility index (Phi) is 6.56. The molecule has 0 radical (unpaired) electrons. The summed E-state index contributed by atoms with van der Waals surface area (Å²) in [6.07, 6.45) is -5.56. The topological polar surface area (TPSA) is 134 Å². The van der Waals surface area contributed by atoms with E-state index in [0.29, 0.717) is 6.61 Å². The first-order valence-electron chi connectivity index (χ1n) is 6.30. The summed E-state index contributed by atoms with van der Waals surface area (Å²) < 4.78 is 10.3. The lowest BCUT2D eigenvalue weighted by Gasteiger charge is -2.39. The molecule has 0 aliphatic carbocycles. The first kappa shape index (κ1) is 17.1. The fraction of sp³-hybridized carbons (Fsp3) is 0.818. The van der Waals surface area contributed by atoms with Crippen molar-refractivity contribution in [2.24, 2.45) is 5.73 Å². The number of nitrogens with two attached hydrogens (primary N) is 1. The van der Waals surface area contributed by atoms with Gasteiger partial charge in [-0.25, -0.2) is 0 Å². The van der Waals surface area contributed by atoms with Crippen LogP contribution in [0.5, 0.6) is 0 Å². The number of carbonyl (C=O) groups excluding carboxylic acids is 1. The van der Waals surface area contributed by atoms with Crippen LogP contribution < -0.4 is 11.1 Å². The average Bonchev–Trinajstić information content (AvgIpc) is 2.39. The van der Waals surface area contributed by atoms with Gasteiger partial charge >= 0.3 is 0 Å². The van der Waals surface area contributed by atoms with Crippen LogP contribution in [0.3, 0.4) is 0 Å². The predicted octanol–water partition coefficient (Wildman–Crippen LogP) is -2.03. The van der Waals surface area contributed by atoms with Crippen LogP contribution in [0.15, 0.2) is 0 Å². The highest BCUT2D eigenvalue weighted by atomic mass is 32.1. The molecule has 20 heavy (non-hydrogen) atoms. The second-order valence-corrected chi connectivity index (χ2v) is 4.86. The van der Waals surface area contributed by atoms with Crippen molar-refractivity contribution in [3.05, 3.63) is 0 Å². The summed E-state index contributed by atoms with van der Waals surface area (Å²) in [4.78, 5) is 11.1. The van der Waals surface area contributed by atoms with Gasteiger partial charge in [-0.05, 0) is 18.6 Å². The largest absolute Gasteiger partial charge is 0.471 e. The summed E-state index contributed by atoms with van der Waals surface area (Å²) in [7, 11) is 0. The van der Waals surface area contributed by atoms with Crippen LogP contribution in [-0.2, 0) is 14.3 Å². The molecular weight excluding hydrogens is 288 g/mol. The minimum Gasteiger partial charge on any atom is -0.471 e. The summed E-state index contributed by atoms with van der Waals surface area (Å²) in [5.74, 6) is -0.951. The third kappa shape index (κ3) is 4.25. The van der Waals surface area contributed by atoms with Gasteiger partial charge in [-0.1, -0.05) is 13.3 Å². The molecule has 0 spiro atoms. The molecule has 1 aliphatic rings. The number of ether oxygens (including phenoxy) is 2. The van der Waals surface area contributed by atoms with Gasteiger partial charge in [0.25, 0.3) is 5.17 Å². The van der Waals surface area contributed by atoms with E-state index >= 15 is 0 Å². The summed E-state index contributed by atoms with van der Waals surface area (Å²) >= 11 is 4.89. The lowest BCUT2D eigenvalue weighted by Crippen LogP contribution is -2.65. The number of primary amides is 1. The summed E-state index contributed by atoms with van der Waals surface area (Å²) in [6.45, 7) is 2.39. The number of aliphatic hydroxyl groups is 3. The molecule has 116 valence electrons. The lowest BCUT2D eigenvalue weighted by molar-refractivity contribution is -0.223. The number of rotatable bonds is 5. The molecule has 5 atom stereocenters. The highest BCUT2D eigenvalue weighted by Gasteiger charge is 2.46. The lowest BCUT2D eigenvalue weighted by atomic mass is 9.98. The van der Waals surface area contributed by atoms with Crippen molar-refractivity contribution in [3.63, 3.8) is 0 Å². The molecule has 1 aliphatic heterocycles. The van der Waals surface area contributed by atoms with Crippen LogP contribution in [0.1, 0.15) is 19.8 Å². The van der Waals surface area contributed by atoms with Gasteiger partial charge in [-0.3, -0.25) is 4.79 Å². The maximum Gasteiger partial charge on any atom is 0.258 e. The number of hydrogen-bond acceptors (Lipinski definition) is 7. The van der Waals surface area contributed by atoms with Crippen LogP contribution in [0.2, 0.25) is 0 Å². The number of hydrogen-bond donors (Lipinski definition) is 5. The van der Waals surface area contributed by atoms with Crippen molar-refractivity contribution in [2.75, 3.05) is 6.61 Å². The van der Waals surface area contributed by atoms with Gasteiger partial charge in [-0.15, -0.1) is 0 Å². The Balaban J connectivity index is 2.59. The second kappa shape index (κ2) is 7.70. The van der Waals surface area contributed by atoms with Crippen molar-refractivity contribution >= 4 is 23.3 Å². The van der Waals surface area contributed by atoms with Crippen molar-refractivity contribution in [2.45, 2.75) is 50.4 Å². The maximum atomic E-state index is 11.1. The first-order chi connectivity index (χ1) is 9.38. The number of aliphatic hydroxyl groups excluding tert-OH is 3. The third-order valence-electron chi connectivity index (χ3n) is 2.88. The van der Waals surface area contributed by atoms with E-state index in [2.05, 4.69) is 5.32 Å². The number of unbranched alkanes of at least 4 members (excludes halogenated alkanes) is 1. The first-order valence-corrected chi connectivity index (χ1v) is 6.71. The van der Waals surface area contributed by atoms with Crippen molar-refractivity contribution in [1.29, 1.82) is 0 Å². The van der Waals surface area contributed by atoms with Crippen LogP contribution >= 0.6 is 12.2 Å². The molecule has 1 fully saturated rings. The van der Waals surface area contributed by atoms with E-state index < -0.39 is 36.6 Å². The third-order valence-corrected chi connectivity index (χ3v) is 3.12. The van der Waals surface area contributed by atoms with Crippen LogP contribution in [0, 0.1) is 0 Å². The summed E-state index contributed by atoms with van der Waals surface area (Å²) in [6, 6.07) is 0. The molecule has 0 saturated carbocycles. The molecule has 0 aromatic carbocycles. The molecular formula is C11H20N2O6S. The fourth-order valence-electron chi connectivity index (χ4n) is 1.70. The Morgan fingerprint density at radius 2 is 2.00 bits per heavy atom. The van der Waals surface area contributed by atoms with Crippen LogP contribution in [0.25, 0.3) is 0 Å². The van der Waals surface area contributed by atoms with Crippen LogP contribution in [0.4, 0.5) is 0 Å². The Morgan fingerprint density at radius 3 is 2.55 bits per heavy atom. The van der Waals surface area contributed by atoms with E-state index in [1.807, 2.05) is 6.92 Å². The Bertz CT molecular complexity index is 356. The Morgan fingerprint density at radius 1 is 1.35 bits per heavy atom. The fourth-order valence-corrected chi connectivity index (χ4v) is 1.90. The van der Waals surface area contributed by atoms with E-state index in [1.165, 1.54) is 0 Å². The number of carbonyl (C=O) groups is 1. The number of amides is 1. The van der Waals surface area contributed by atoms with E-state index in [4.69, 9.17) is 27.4 Å². The normalized spacial score (nSPS) is 33.5. The highest BCUT2D eigenvalue weighted by Crippen LogP contribution is 2.19. The molecule has 0 aromatic heterocycles. The Hall–Kier alpha value is -1.00. The van der Waals surface area contributed by atoms with Crippen molar-refractivity contribution in [3.8, 4) is 0 Å². The predicted molar refractivity (Wildman–Crippen MR) is 72.5 cm³/mol. The van der Waals surface area contributed by atoms with E-state index in [9.17, 15) is 20.1 Å². The van der Waals surface area contributed by atoms with Gasteiger partial charge in [0.2, 0.25) is 5.91 Å². The molecule has 1 heterocycles. The number of thiocarbonyl (C=S) groups is 1. The van der Waals surface area contributed by atoms with Gasteiger partial charge in [0, 0.05) is 0 Å². The van der Waals surface area contributed by atoms with E-state index in [-0.39, 0.29) is 5.17 Å². The molecule has 0 aromatic rings. The standard InChI is InChI=1S/C11H20N2O6S/c1-2-3-4-18-11(20)13-10-7(16)5(14)6(15)8(19-10)9(12)17/h5-8,10,14-16H,2-4H2,1H3,(H2,12,17)(H,13,20)/t5-,6-,7+,8-,10+/m0/s1. The molecule has 8 nitrogen and oxygen atoms in total. The van der Waals surface area contributed by atoms with Gasteiger partial charge in [0.1, 0.15) is 18.3 Å². The zero-order chi connectivity index (χ0) is 15.3. The average molecular weight is 308 g/mol. The molecule has 6 N–H and O–H groups in total. The van der Waals surface area contributed by atoms with Gasteiger partial charge in [0.05, 0.1) is 6.61 Å². The van der Waals surface area contributed by atoms with Gasteiger partial charge in [-0.2, -0.15) is 0 Å². The number of nitrogens with one attached hydrogen (secondary N) is 1. The minimum absolute atomic E-state index is 0.0330. The van der Waals surface area contributed by atoms with Gasteiger partial charge < -0.3 is 35.8 Å². The Labute approximate surface area is 121 Å². The highest BCUT2D eigenvalue weighted by molar-refractivity contribution is 7.80. The molecule has 1 amide bonds. The SMILES string of the molecule is CCCCOC(=S)N[C@@H]1O[C@H](C(N)=O)[C@@H](O)[C@H](O)[C@H]1O. The smallest absolute Gasteiger partial charge is 0.258 e. The molecule has 0 unspecified atom stereocenters. The van der Waals surface area contributed by atoms with E-state index in [0.717, 1.165) is 12.8 Å². The molecule has 1 saturated heterocycles. The van der Waals surface area contributed by atoms with Gasteiger partial charge in [0.15, 0.2) is 12.3 Å². The quantitative estimate of drug-likeness (QED) is 0.290. The zero-order valence-electron chi connectivity index (χ0n) is 11.1. The summed E-state index contributed by atoms with van der Waals surface area (Å²) in [5.41, 5.74) is 5.05. The monoisotopic (exact) mass is 308 g/mol. The summed E-state index contributed by atoms with van der Waals surface area (Å²) in [5, 5.41) is 31.5. The second-order valence-electron chi connectivity index (χ2n) is 4.49. The minimum atomic E-state index is -1.60. The van der Waals surface area contributed by atoms with E-state index in [1.54, 1.807) is 0 Å². The zero-order valence-corrected chi connectivity index (χ0v) is 11.9. The molecule has 9 heteroatoms. The van der Waals surface area contributed by atoms with Crippen molar-refractivity contribution < 1.29 is 29.6 Å².